The van der Waals surface area contributed by atoms with Crippen molar-refractivity contribution in [2.24, 2.45) is 29.1 Å². The van der Waals surface area contributed by atoms with Crippen LogP contribution < -0.4 is 5.32 Å². The maximum atomic E-state index is 3.69. The quantitative estimate of drug-likeness (QED) is 0.769. The van der Waals surface area contributed by atoms with Gasteiger partial charge in [-0.3, -0.25) is 0 Å². The summed E-state index contributed by atoms with van der Waals surface area (Å²) in [6, 6.07) is 0.660. The van der Waals surface area contributed by atoms with Gasteiger partial charge in [0.2, 0.25) is 0 Å². The molecule has 0 aromatic carbocycles. The fraction of sp³-hybridized carbons (Fsp3) is 1.00. The molecular weight excluding hydrogens is 194 g/mol. The summed E-state index contributed by atoms with van der Waals surface area (Å²) in [6.45, 7) is 8.40. The highest BCUT2D eigenvalue weighted by molar-refractivity contribution is 5.03. The Labute approximate surface area is 100 Å². The summed E-state index contributed by atoms with van der Waals surface area (Å²) in [7, 11) is 0. The molecule has 92 valence electrons. The van der Waals surface area contributed by atoms with Crippen LogP contribution in [0.1, 0.15) is 52.9 Å². The van der Waals surface area contributed by atoms with Gasteiger partial charge >= 0.3 is 0 Å². The van der Waals surface area contributed by atoms with Gasteiger partial charge in [0.1, 0.15) is 0 Å². The summed E-state index contributed by atoms with van der Waals surface area (Å²) in [5.41, 5.74) is 0.741. The van der Waals surface area contributed by atoms with E-state index in [1.807, 2.05) is 0 Å². The van der Waals surface area contributed by atoms with Crippen LogP contribution in [0.25, 0.3) is 0 Å². The van der Waals surface area contributed by atoms with Crippen LogP contribution in [0, 0.1) is 29.1 Å². The number of hydrogen-bond acceptors (Lipinski definition) is 1. The fourth-order valence-electron chi connectivity index (χ4n) is 5.24. The molecule has 4 rings (SSSR count). The molecule has 16 heavy (non-hydrogen) atoms. The van der Waals surface area contributed by atoms with Crippen molar-refractivity contribution >= 4 is 0 Å². The Morgan fingerprint density at radius 2 is 1.75 bits per heavy atom. The van der Waals surface area contributed by atoms with Crippen LogP contribution in [0.5, 0.6) is 0 Å². The van der Waals surface area contributed by atoms with E-state index < -0.39 is 0 Å². The molecule has 4 aliphatic rings. The molecule has 1 nitrogen and oxygen atoms in total. The van der Waals surface area contributed by atoms with E-state index in [0.29, 0.717) is 6.04 Å². The lowest BCUT2D eigenvalue weighted by molar-refractivity contribution is -0.0852. The van der Waals surface area contributed by atoms with Gasteiger partial charge in [0.05, 0.1) is 0 Å². The highest BCUT2D eigenvalue weighted by atomic mass is 14.9. The van der Waals surface area contributed by atoms with Crippen molar-refractivity contribution in [3.63, 3.8) is 0 Å². The normalized spacial score (nSPS) is 50.2. The first kappa shape index (κ1) is 11.1. The molecule has 4 saturated carbocycles. The van der Waals surface area contributed by atoms with E-state index in [4.69, 9.17) is 0 Å². The van der Waals surface area contributed by atoms with Crippen LogP contribution in [0.3, 0.4) is 0 Å². The molecule has 0 saturated heterocycles. The molecule has 1 heteroatoms. The minimum atomic E-state index is 0.660. The Hall–Kier alpha value is -0.0400. The van der Waals surface area contributed by atoms with E-state index in [0.717, 1.165) is 29.1 Å². The Balaban J connectivity index is 1.69. The van der Waals surface area contributed by atoms with E-state index >= 15 is 0 Å². The zero-order valence-electron chi connectivity index (χ0n) is 11.1. The minimum Gasteiger partial charge on any atom is -0.314 e. The monoisotopic (exact) mass is 221 g/mol. The minimum absolute atomic E-state index is 0.660. The summed E-state index contributed by atoms with van der Waals surface area (Å²) in [4.78, 5) is 0. The molecular formula is C15H27N. The Morgan fingerprint density at radius 1 is 1.12 bits per heavy atom. The fourth-order valence-corrected chi connectivity index (χ4v) is 5.24. The first-order chi connectivity index (χ1) is 7.56. The van der Waals surface area contributed by atoms with Crippen molar-refractivity contribution in [1.29, 1.82) is 0 Å². The summed E-state index contributed by atoms with van der Waals surface area (Å²) < 4.78 is 0. The lowest BCUT2D eigenvalue weighted by Gasteiger charge is -2.59. The van der Waals surface area contributed by atoms with Gasteiger partial charge in [-0.05, 0) is 67.7 Å². The molecule has 4 aliphatic carbocycles. The lowest BCUT2D eigenvalue weighted by atomic mass is 9.47. The third-order valence-electron chi connectivity index (χ3n) is 5.54. The van der Waals surface area contributed by atoms with Crippen molar-refractivity contribution in [2.45, 2.75) is 58.9 Å². The van der Waals surface area contributed by atoms with Gasteiger partial charge in [0.25, 0.3) is 0 Å². The molecule has 0 radical (unpaired) electrons. The van der Waals surface area contributed by atoms with Crippen LogP contribution >= 0.6 is 0 Å². The third kappa shape index (κ3) is 1.81. The third-order valence-corrected chi connectivity index (χ3v) is 5.54. The predicted octanol–water partition coefficient (Wildman–Crippen LogP) is 3.45. The smallest absolute Gasteiger partial charge is 0.00104 e. The van der Waals surface area contributed by atoms with Crippen LogP contribution in [-0.4, -0.2) is 12.6 Å². The molecule has 0 heterocycles. The van der Waals surface area contributed by atoms with E-state index in [1.54, 1.807) is 19.3 Å². The highest BCUT2D eigenvalue weighted by Gasteiger charge is 2.52. The van der Waals surface area contributed by atoms with E-state index in [2.05, 4.69) is 26.1 Å². The zero-order valence-corrected chi connectivity index (χ0v) is 11.1. The van der Waals surface area contributed by atoms with Gasteiger partial charge in [0, 0.05) is 6.04 Å². The van der Waals surface area contributed by atoms with Gasteiger partial charge in [-0.15, -0.1) is 0 Å². The van der Waals surface area contributed by atoms with Gasteiger partial charge in [-0.1, -0.05) is 20.8 Å². The molecule has 0 amide bonds. The second kappa shape index (κ2) is 3.73. The molecule has 4 bridgehead atoms. The first-order valence-electron chi connectivity index (χ1n) is 7.29. The Bertz CT molecular complexity index is 255. The van der Waals surface area contributed by atoms with Crippen molar-refractivity contribution in [1.82, 2.24) is 5.32 Å². The van der Waals surface area contributed by atoms with Crippen LogP contribution in [0.15, 0.2) is 0 Å². The van der Waals surface area contributed by atoms with Gasteiger partial charge in [-0.2, -0.15) is 0 Å². The molecule has 0 aliphatic heterocycles. The van der Waals surface area contributed by atoms with Crippen LogP contribution in [-0.2, 0) is 0 Å². The topological polar surface area (TPSA) is 12.0 Å². The van der Waals surface area contributed by atoms with E-state index in [1.165, 1.54) is 19.4 Å². The van der Waals surface area contributed by atoms with Crippen LogP contribution in [0.2, 0.25) is 0 Å². The molecule has 0 aromatic heterocycles. The molecule has 2 unspecified atom stereocenters. The molecule has 2 atom stereocenters. The van der Waals surface area contributed by atoms with Gasteiger partial charge < -0.3 is 5.32 Å². The standard InChI is InChI=1S/C15H27N/c1-10(2)16-9-14-12-4-11-5-13(14)8-15(3,6-11)7-12/h10-14,16H,4-9H2,1-3H3. The first-order valence-corrected chi connectivity index (χ1v) is 7.29. The van der Waals surface area contributed by atoms with Crippen molar-refractivity contribution in [2.75, 3.05) is 6.54 Å². The highest BCUT2D eigenvalue weighted by Crippen LogP contribution is 2.61. The van der Waals surface area contributed by atoms with Gasteiger partial charge in [0.15, 0.2) is 0 Å². The second-order valence-corrected chi connectivity index (χ2v) is 7.51. The van der Waals surface area contributed by atoms with Crippen molar-refractivity contribution in [3.8, 4) is 0 Å². The molecule has 0 spiro atoms. The van der Waals surface area contributed by atoms with Crippen LogP contribution in [0.4, 0.5) is 0 Å². The second-order valence-electron chi connectivity index (χ2n) is 7.51. The maximum absolute atomic E-state index is 3.69. The van der Waals surface area contributed by atoms with Crippen molar-refractivity contribution < 1.29 is 0 Å². The Kier molecular flexibility index (Phi) is 2.58. The summed E-state index contributed by atoms with van der Waals surface area (Å²) in [6.07, 6.45) is 7.71. The predicted molar refractivity (Wildman–Crippen MR) is 68.3 cm³/mol. The van der Waals surface area contributed by atoms with Crippen molar-refractivity contribution in [3.05, 3.63) is 0 Å². The molecule has 4 fully saturated rings. The number of hydrogen-bond donors (Lipinski definition) is 1. The zero-order chi connectivity index (χ0) is 11.3. The largest absolute Gasteiger partial charge is 0.314 e. The number of nitrogens with one attached hydrogen (secondary N) is 1. The molecule has 1 N–H and O–H groups in total. The average Bonchev–Trinajstić information content (AvgIpc) is 2.13. The van der Waals surface area contributed by atoms with E-state index in [-0.39, 0.29) is 0 Å². The summed E-state index contributed by atoms with van der Waals surface area (Å²) in [5, 5.41) is 3.69. The Morgan fingerprint density at radius 3 is 2.25 bits per heavy atom. The average molecular weight is 221 g/mol. The number of rotatable bonds is 3. The summed E-state index contributed by atoms with van der Waals surface area (Å²) in [5.74, 6) is 4.22. The van der Waals surface area contributed by atoms with E-state index in [9.17, 15) is 0 Å². The lowest BCUT2D eigenvalue weighted by Crippen LogP contribution is -2.52. The van der Waals surface area contributed by atoms with Gasteiger partial charge in [-0.25, -0.2) is 0 Å². The summed E-state index contributed by atoms with van der Waals surface area (Å²) >= 11 is 0. The molecule has 0 aromatic rings. The maximum Gasteiger partial charge on any atom is 0.00104 e. The SMILES string of the molecule is CC(C)NCC1C2CC3CC1CC(C)(C3)C2.